The molecule has 0 bridgehead atoms. The van der Waals surface area contributed by atoms with Crippen molar-refractivity contribution < 1.29 is 37.9 Å². The molecule has 12 heteroatoms. The Morgan fingerprint density at radius 1 is 1.10 bits per heavy atom. The number of aryl methyl sites for hydroxylation is 1. The Hall–Kier alpha value is -2.86. The van der Waals surface area contributed by atoms with Gasteiger partial charge in [0.1, 0.15) is 5.60 Å². The molecule has 1 atom stereocenters. The number of nitrogens with zero attached hydrogens (tertiary/aromatic N) is 3. The van der Waals surface area contributed by atoms with Crippen LogP contribution in [0.1, 0.15) is 32.0 Å². The van der Waals surface area contributed by atoms with Gasteiger partial charge < -0.3 is 15.9 Å². The van der Waals surface area contributed by atoms with Gasteiger partial charge in [0.05, 0.1) is 11.9 Å². The third kappa shape index (κ3) is 3.59. The normalized spacial score (nSPS) is 15.7. The van der Waals surface area contributed by atoms with Gasteiger partial charge in [0.15, 0.2) is 17.2 Å². The summed E-state index contributed by atoms with van der Waals surface area (Å²) in [6, 6.07) is 2.89. The molecule has 0 aliphatic heterocycles. The molecule has 1 aromatic carbocycles. The number of hydrogen-bond donors (Lipinski definition) is 3. The first kappa shape index (κ1) is 21.4. The summed E-state index contributed by atoms with van der Waals surface area (Å²) < 4.78 is 89.6. The maximum absolute atomic E-state index is 13.8. The topological polar surface area (TPSA) is 96.7 Å². The van der Waals surface area contributed by atoms with Crippen LogP contribution in [0, 0.1) is 6.90 Å². The van der Waals surface area contributed by atoms with Crippen molar-refractivity contribution in [2.45, 2.75) is 44.3 Å². The monoisotopic (exact) mass is 449 g/mol. The largest absolute Gasteiger partial charge is 0.434 e. The zero-order chi connectivity index (χ0) is 24.3. The van der Waals surface area contributed by atoms with E-state index in [0.29, 0.717) is 6.20 Å². The molecule has 3 aromatic rings. The van der Waals surface area contributed by atoms with Crippen molar-refractivity contribution in [3.05, 3.63) is 47.4 Å². The Balaban J connectivity index is 2.34. The fourth-order valence-electron chi connectivity index (χ4n) is 3.25. The zero-order valence-corrected chi connectivity index (χ0v) is 16.2. The van der Waals surface area contributed by atoms with Crippen LogP contribution in [0.3, 0.4) is 0 Å². The highest BCUT2D eigenvalue weighted by atomic mass is 19.4. The lowest BCUT2D eigenvalue weighted by molar-refractivity contribution is -0.319. The first-order valence-electron chi connectivity index (χ1n) is 9.38. The summed E-state index contributed by atoms with van der Waals surface area (Å²) in [6.07, 6.45) is -8.51. The van der Waals surface area contributed by atoms with Crippen LogP contribution >= 0.6 is 0 Å². The van der Waals surface area contributed by atoms with Crippen molar-refractivity contribution in [3.8, 4) is 11.3 Å². The van der Waals surface area contributed by atoms with Crippen LogP contribution in [0.5, 0.6) is 0 Å². The summed E-state index contributed by atoms with van der Waals surface area (Å²) in [5.74, 6) is -0.557. The first-order chi connectivity index (χ1) is 14.5. The molecular formula is C19H18F6N4O2. The van der Waals surface area contributed by atoms with E-state index in [-0.39, 0.29) is 22.5 Å². The van der Waals surface area contributed by atoms with E-state index >= 15 is 0 Å². The standard InChI is InChI=1S/C19H18F6N4O2/c1-9-4-5-10(17(31,16(2,3)30)19(23,24)25)6-11(9)12-7-27-15-14(26)28-13(8-29(12)15)18(20,21)22/h4-8,30-31H,1-3H3,(H2,26,28)/i1D. The molecule has 31 heavy (non-hydrogen) atoms. The van der Waals surface area contributed by atoms with Gasteiger partial charge in [-0.2, -0.15) is 26.3 Å². The van der Waals surface area contributed by atoms with Gasteiger partial charge in [-0.3, -0.25) is 4.40 Å². The number of nitrogens with two attached hydrogens (primary N) is 1. The lowest BCUT2D eigenvalue weighted by Crippen LogP contribution is -2.57. The molecule has 0 saturated carbocycles. The molecule has 3 rings (SSSR count). The Morgan fingerprint density at radius 3 is 2.26 bits per heavy atom. The Morgan fingerprint density at radius 2 is 1.74 bits per heavy atom. The van der Waals surface area contributed by atoms with Crippen molar-refractivity contribution in [3.63, 3.8) is 0 Å². The van der Waals surface area contributed by atoms with Crippen LogP contribution in [-0.2, 0) is 11.8 Å². The molecule has 4 N–H and O–H groups in total. The van der Waals surface area contributed by atoms with Crippen LogP contribution in [-0.4, -0.2) is 36.4 Å². The molecule has 0 saturated heterocycles. The molecule has 0 fully saturated rings. The number of nitrogen functional groups attached to an aromatic ring is 1. The van der Waals surface area contributed by atoms with Crippen molar-refractivity contribution in [1.29, 1.82) is 0 Å². The molecule has 0 aliphatic rings. The molecule has 6 nitrogen and oxygen atoms in total. The average Bonchev–Trinajstić information content (AvgIpc) is 3.08. The van der Waals surface area contributed by atoms with E-state index in [1.54, 1.807) is 0 Å². The smallest absolute Gasteiger partial charge is 0.387 e. The van der Waals surface area contributed by atoms with E-state index in [1.807, 2.05) is 0 Å². The average molecular weight is 449 g/mol. The molecule has 1 unspecified atom stereocenters. The molecule has 0 amide bonds. The van der Waals surface area contributed by atoms with Gasteiger partial charge in [-0.15, -0.1) is 0 Å². The molecule has 0 spiro atoms. The number of anilines is 1. The van der Waals surface area contributed by atoms with Gasteiger partial charge in [-0.25, -0.2) is 9.97 Å². The van der Waals surface area contributed by atoms with E-state index in [4.69, 9.17) is 7.10 Å². The number of aromatic nitrogens is 3. The SMILES string of the molecule is [2H]Cc1ccc(C(O)(C(C)(C)O)C(F)(F)F)cc1-c1cnc2c(N)nc(C(F)(F)F)cn12. The highest BCUT2D eigenvalue weighted by Gasteiger charge is 2.63. The molecule has 2 aromatic heterocycles. The minimum atomic E-state index is -5.30. The predicted octanol–water partition coefficient (Wildman–Crippen LogP) is 3.83. The van der Waals surface area contributed by atoms with E-state index in [1.165, 1.54) is 0 Å². The number of benzene rings is 1. The van der Waals surface area contributed by atoms with E-state index in [0.717, 1.165) is 42.6 Å². The summed E-state index contributed by atoms with van der Waals surface area (Å²) in [5, 5.41) is 20.7. The fourth-order valence-corrected chi connectivity index (χ4v) is 3.25. The number of aliphatic hydroxyl groups is 2. The van der Waals surface area contributed by atoms with Gasteiger partial charge in [-0.1, -0.05) is 12.1 Å². The number of alkyl halides is 6. The highest BCUT2D eigenvalue weighted by Crippen LogP contribution is 2.47. The van der Waals surface area contributed by atoms with Gasteiger partial charge in [0.2, 0.25) is 5.60 Å². The van der Waals surface area contributed by atoms with Crippen LogP contribution in [0.25, 0.3) is 16.9 Å². The summed E-state index contributed by atoms with van der Waals surface area (Å²) >= 11 is 0. The van der Waals surface area contributed by atoms with E-state index in [2.05, 4.69) is 9.97 Å². The predicted molar refractivity (Wildman–Crippen MR) is 98.8 cm³/mol. The Kier molecular flexibility index (Phi) is 4.70. The van der Waals surface area contributed by atoms with Crippen molar-refractivity contribution in [2.75, 3.05) is 5.73 Å². The summed E-state index contributed by atoms with van der Waals surface area (Å²) in [5.41, 5.74) is -3.18. The van der Waals surface area contributed by atoms with Crippen LogP contribution in [0.2, 0.25) is 0 Å². The lowest BCUT2D eigenvalue weighted by atomic mass is 9.78. The Bertz CT molecular complexity index is 1150. The molecule has 168 valence electrons. The van der Waals surface area contributed by atoms with Crippen LogP contribution in [0.4, 0.5) is 32.2 Å². The maximum Gasteiger partial charge on any atom is 0.434 e. The summed E-state index contributed by atoms with van der Waals surface area (Å²) in [6.45, 7) is 1.10. The Labute approximate surface area is 173 Å². The summed E-state index contributed by atoms with van der Waals surface area (Å²) in [7, 11) is 0. The first-order valence-corrected chi connectivity index (χ1v) is 8.67. The molecule has 2 heterocycles. The van der Waals surface area contributed by atoms with Gasteiger partial charge in [0, 0.05) is 13.1 Å². The minimum Gasteiger partial charge on any atom is -0.387 e. The van der Waals surface area contributed by atoms with Crippen molar-refractivity contribution >= 4 is 11.5 Å². The second-order valence-corrected chi connectivity index (χ2v) is 7.49. The van der Waals surface area contributed by atoms with Crippen LogP contribution < -0.4 is 5.73 Å². The van der Waals surface area contributed by atoms with Gasteiger partial charge >= 0.3 is 12.4 Å². The highest BCUT2D eigenvalue weighted by molar-refractivity contribution is 5.72. The van der Waals surface area contributed by atoms with Crippen molar-refractivity contribution in [2.24, 2.45) is 0 Å². The van der Waals surface area contributed by atoms with Gasteiger partial charge in [0.25, 0.3) is 0 Å². The number of fused-ring (bicyclic) bond motifs is 1. The second-order valence-electron chi connectivity index (χ2n) is 7.49. The second kappa shape index (κ2) is 6.82. The zero-order valence-electron chi connectivity index (χ0n) is 17.2. The maximum atomic E-state index is 13.8. The van der Waals surface area contributed by atoms with Crippen LogP contribution in [0.15, 0.2) is 30.6 Å². The van der Waals surface area contributed by atoms with Crippen molar-refractivity contribution in [1.82, 2.24) is 14.4 Å². The molecule has 0 radical (unpaired) electrons. The molecule has 0 aliphatic carbocycles. The summed E-state index contributed by atoms with van der Waals surface area (Å²) in [4.78, 5) is 7.15. The quantitative estimate of drug-likeness (QED) is 0.529. The number of imidazole rings is 1. The molecular weight excluding hydrogens is 430 g/mol. The number of rotatable bonds is 3. The lowest BCUT2D eigenvalue weighted by Gasteiger charge is -2.40. The third-order valence-electron chi connectivity index (χ3n) is 4.91. The van der Waals surface area contributed by atoms with E-state index in [9.17, 15) is 36.6 Å². The fraction of sp³-hybridized carbons (Fsp3) is 0.368. The minimum absolute atomic E-state index is 0.101. The van der Waals surface area contributed by atoms with Gasteiger partial charge in [-0.05, 0) is 37.9 Å². The number of halogens is 6. The van der Waals surface area contributed by atoms with E-state index < -0.39 is 47.5 Å². The number of hydrogen-bond acceptors (Lipinski definition) is 5. The third-order valence-corrected chi connectivity index (χ3v) is 4.91.